The second-order valence-electron chi connectivity index (χ2n) is 4.62. The van der Waals surface area contributed by atoms with Gasteiger partial charge in [-0.25, -0.2) is 5.48 Å². The molecule has 1 unspecified atom stereocenters. The van der Waals surface area contributed by atoms with Crippen LogP contribution in [0.3, 0.4) is 0 Å². The SMILES string of the molecule is C=CC(=C)CCCC(Cc1ccccc1)C(=O)NO. The summed E-state index contributed by atoms with van der Waals surface area (Å²) in [5, 5.41) is 8.80. The van der Waals surface area contributed by atoms with Crippen molar-refractivity contribution in [2.75, 3.05) is 0 Å². The maximum Gasteiger partial charge on any atom is 0.246 e. The molecule has 0 bridgehead atoms. The first-order valence-electron chi connectivity index (χ1n) is 6.45. The van der Waals surface area contributed by atoms with Crippen LogP contribution in [-0.2, 0) is 11.2 Å². The lowest BCUT2D eigenvalue weighted by atomic mass is 9.92. The van der Waals surface area contributed by atoms with E-state index in [0.29, 0.717) is 12.8 Å². The zero-order chi connectivity index (χ0) is 14.1. The van der Waals surface area contributed by atoms with Gasteiger partial charge in [0.15, 0.2) is 0 Å². The van der Waals surface area contributed by atoms with Crippen molar-refractivity contribution in [2.24, 2.45) is 5.92 Å². The van der Waals surface area contributed by atoms with E-state index in [0.717, 1.165) is 24.0 Å². The molecule has 1 rings (SSSR count). The average molecular weight is 259 g/mol. The van der Waals surface area contributed by atoms with Crippen LogP contribution < -0.4 is 5.48 Å². The molecule has 0 saturated carbocycles. The van der Waals surface area contributed by atoms with E-state index in [1.54, 1.807) is 11.6 Å². The van der Waals surface area contributed by atoms with Gasteiger partial charge >= 0.3 is 0 Å². The Morgan fingerprint density at radius 1 is 1.37 bits per heavy atom. The van der Waals surface area contributed by atoms with Gasteiger partial charge in [0.25, 0.3) is 0 Å². The minimum atomic E-state index is -0.326. The van der Waals surface area contributed by atoms with Gasteiger partial charge in [-0.05, 0) is 31.2 Å². The van der Waals surface area contributed by atoms with Crippen LogP contribution >= 0.6 is 0 Å². The van der Waals surface area contributed by atoms with Crippen molar-refractivity contribution < 1.29 is 10.0 Å². The number of benzene rings is 1. The summed E-state index contributed by atoms with van der Waals surface area (Å²) in [6.45, 7) is 7.51. The number of hydroxylamine groups is 1. The van der Waals surface area contributed by atoms with Crippen LogP contribution in [0.5, 0.6) is 0 Å². The van der Waals surface area contributed by atoms with E-state index in [2.05, 4.69) is 13.2 Å². The number of carbonyl (C=O) groups excluding carboxylic acids is 1. The van der Waals surface area contributed by atoms with E-state index in [1.165, 1.54) is 0 Å². The molecule has 1 atom stereocenters. The molecule has 1 aromatic carbocycles. The molecule has 0 spiro atoms. The number of hydrogen-bond acceptors (Lipinski definition) is 2. The van der Waals surface area contributed by atoms with Crippen molar-refractivity contribution in [1.29, 1.82) is 0 Å². The third kappa shape index (κ3) is 5.53. The molecule has 1 amide bonds. The first kappa shape index (κ1) is 15.2. The second kappa shape index (κ2) is 8.27. The Morgan fingerprint density at radius 2 is 2.05 bits per heavy atom. The van der Waals surface area contributed by atoms with Crippen LogP contribution in [0, 0.1) is 5.92 Å². The highest BCUT2D eigenvalue weighted by molar-refractivity contribution is 5.77. The number of amides is 1. The maximum absolute atomic E-state index is 11.7. The fourth-order valence-corrected chi connectivity index (χ4v) is 1.99. The summed E-state index contributed by atoms with van der Waals surface area (Å²) in [7, 11) is 0. The van der Waals surface area contributed by atoms with Crippen LogP contribution in [0.25, 0.3) is 0 Å². The fourth-order valence-electron chi connectivity index (χ4n) is 1.99. The van der Waals surface area contributed by atoms with Gasteiger partial charge in [-0.1, -0.05) is 55.1 Å². The van der Waals surface area contributed by atoms with E-state index in [4.69, 9.17) is 5.21 Å². The number of allylic oxidation sites excluding steroid dienone is 2. The van der Waals surface area contributed by atoms with Gasteiger partial charge < -0.3 is 0 Å². The topological polar surface area (TPSA) is 49.3 Å². The Bertz CT molecular complexity index is 426. The summed E-state index contributed by atoms with van der Waals surface area (Å²) in [5.74, 6) is -0.543. The molecule has 0 aliphatic rings. The lowest BCUT2D eigenvalue weighted by molar-refractivity contribution is -0.133. The Kier molecular flexibility index (Phi) is 6.61. The summed E-state index contributed by atoms with van der Waals surface area (Å²) in [6, 6.07) is 9.81. The lowest BCUT2D eigenvalue weighted by Gasteiger charge is -2.14. The first-order chi connectivity index (χ1) is 9.17. The molecule has 19 heavy (non-hydrogen) atoms. The highest BCUT2D eigenvalue weighted by Gasteiger charge is 2.18. The molecule has 3 heteroatoms. The molecule has 3 nitrogen and oxygen atoms in total. The number of rotatable bonds is 8. The predicted octanol–water partition coefficient (Wildman–Crippen LogP) is 3.26. The van der Waals surface area contributed by atoms with Crippen LogP contribution in [-0.4, -0.2) is 11.1 Å². The predicted molar refractivity (Wildman–Crippen MR) is 76.8 cm³/mol. The van der Waals surface area contributed by atoms with Crippen molar-refractivity contribution in [3.05, 3.63) is 60.7 Å². The fraction of sp³-hybridized carbons (Fsp3) is 0.312. The van der Waals surface area contributed by atoms with Crippen molar-refractivity contribution in [3.8, 4) is 0 Å². The van der Waals surface area contributed by atoms with E-state index in [9.17, 15) is 4.79 Å². The molecule has 0 fully saturated rings. The van der Waals surface area contributed by atoms with Gasteiger partial charge in [-0.15, -0.1) is 0 Å². The summed E-state index contributed by atoms with van der Waals surface area (Å²) in [4.78, 5) is 11.7. The number of nitrogens with one attached hydrogen (secondary N) is 1. The highest BCUT2D eigenvalue weighted by Crippen LogP contribution is 2.17. The van der Waals surface area contributed by atoms with Crippen LogP contribution in [0.15, 0.2) is 55.1 Å². The van der Waals surface area contributed by atoms with Crippen molar-refractivity contribution >= 4 is 5.91 Å². The van der Waals surface area contributed by atoms with Crippen LogP contribution in [0.1, 0.15) is 24.8 Å². The smallest absolute Gasteiger partial charge is 0.246 e. The van der Waals surface area contributed by atoms with E-state index in [1.807, 2.05) is 30.3 Å². The molecule has 0 aromatic heterocycles. The molecule has 0 heterocycles. The molecule has 2 N–H and O–H groups in total. The zero-order valence-electron chi connectivity index (χ0n) is 11.1. The largest absolute Gasteiger partial charge is 0.289 e. The van der Waals surface area contributed by atoms with E-state index >= 15 is 0 Å². The second-order valence-corrected chi connectivity index (χ2v) is 4.62. The van der Waals surface area contributed by atoms with Gasteiger partial charge in [0, 0.05) is 5.92 Å². The molecule has 102 valence electrons. The molecular weight excluding hydrogens is 238 g/mol. The van der Waals surface area contributed by atoms with Gasteiger partial charge in [0.2, 0.25) is 5.91 Å². The third-order valence-corrected chi connectivity index (χ3v) is 3.15. The monoisotopic (exact) mass is 259 g/mol. The summed E-state index contributed by atoms with van der Waals surface area (Å²) >= 11 is 0. The van der Waals surface area contributed by atoms with Crippen LogP contribution in [0.4, 0.5) is 0 Å². The van der Waals surface area contributed by atoms with Crippen molar-refractivity contribution in [1.82, 2.24) is 5.48 Å². The zero-order valence-corrected chi connectivity index (χ0v) is 11.1. The normalized spacial score (nSPS) is 11.6. The van der Waals surface area contributed by atoms with E-state index in [-0.39, 0.29) is 11.8 Å². The molecular formula is C16H21NO2. The standard InChI is InChI=1S/C16H21NO2/c1-3-13(2)8-7-11-15(16(18)17-19)12-14-9-5-4-6-10-14/h3-6,9-10,15,19H,1-2,7-8,11-12H2,(H,17,18). The lowest BCUT2D eigenvalue weighted by Crippen LogP contribution is -2.29. The average Bonchev–Trinajstić information content (AvgIpc) is 2.46. The first-order valence-corrected chi connectivity index (χ1v) is 6.45. The van der Waals surface area contributed by atoms with Gasteiger partial charge in [-0.3, -0.25) is 10.0 Å². The summed E-state index contributed by atoms with van der Waals surface area (Å²) in [6.07, 6.45) is 4.77. The molecule has 0 aliphatic carbocycles. The molecule has 0 radical (unpaired) electrons. The molecule has 0 saturated heterocycles. The van der Waals surface area contributed by atoms with Crippen LogP contribution in [0.2, 0.25) is 0 Å². The quantitative estimate of drug-likeness (QED) is 0.427. The Hall–Kier alpha value is -1.87. The number of carbonyl (C=O) groups is 1. The van der Waals surface area contributed by atoms with Gasteiger partial charge in [-0.2, -0.15) is 0 Å². The maximum atomic E-state index is 11.7. The molecule has 0 aliphatic heterocycles. The summed E-state index contributed by atoms with van der Waals surface area (Å²) in [5.41, 5.74) is 3.83. The van der Waals surface area contributed by atoms with Crippen molar-refractivity contribution in [3.63, 3.8) is 0 Å². The Labute approximate surface area is 114 Å². The van der Waals surface area contributed by atoms with E-state index < -0.39 is 0 Å². The Morgan fingerprint density at radius 3 is 2.63 bits per heavy atom. The summed E-state index contributed by atoms with van der Waals surface area (Å²) < 4.78 is 0. The number of hydrogen-bond donors (Lipinski definition) is 2. The van der Waals surface area contributed by atoms with Gasteiger partial charge in [0.05, 0.1) is 0 Å². The van der Waals surface area contributed by atoms with Crippen molar-refractivity contribution in [2.45, 2.75) is 25.7 Å². The minimum absolute atomic E-state index is 0.218. The third-order valence-electron chi connectivity index (χ3n) is 3.15. The van der Waals surface area contributed by atoms with Gasteiger partial charge in [0.1, 0.15) is 0 Å². The minimum Gasteiger partial charge on any atom is -0.289 e. The molecule has 1 aromatic rings. The highest BCUT2D eigenvalue weighted by atomic mass is 16.5. The Balaban J connectivity index is 2.55.